The van der Waals surface area contributed by atoms with Crippen molar-refractivity contribution >= 4 is 5.95 Å². The standard InChI is InChI=1S/C12H20N4/c1-2-3-4-11-5-6-14-12(15-11)16-9-7-13-8-10-16/h5-6,13H,2-4,7-10H2,1H3. The van der Waals surface area contributed by atoms with Crippen LogP contribution >= 0.6 is 0 Å². The van der Waals surface area contributed by atoms with Crippen LogP contribution in [0, 0.1) is 0 Å². The number of hydrogen-bond donors (Lipinski definition) is 1. The molecule has 4 heteroatoms. The normalized spacial score (nSPS) is 16.4. The van der Waals surface area contributed by atoms with E-state index in [1.54, 1.807) is 0 Å². The lowest BCUT2D eigenvalue weighted by molar-refractivity contribution is 0.578. The van der Waals surface area contributed by atoms with Gasteiger partial charge in [0.2, 0.25) is 5.95 Å². The highest BCUT2D eigenvalue weighted by molar-refractivity contribution is 5.31. The van der Waals surface area contributed by atoms with Crippen molar-refractivity contribution in [1.82, 2.24) is 15.3 Å². The van der Waals surface area contributed by atoms with Gasteiger partial charge in [0.1, 0.15) is 0 Å². The number of nitrogens with one attached hydrogen (secondary N) is 1. The summed E-state index contributed by atoms with van der Waals surface area (Å²) in [5.41, 5.74) is 1.17. The molecule has 1 N–H and O–H groups in total. The third-order valence-corrected chi connectivity index (χ3v) is 2.89. The Bertz CT molecular complexity index is 321. The van der Waals surface area contributed by atoms with Gasteiger partial charge in [0.05, 0.1) is 0 Å². The third-order valence-electron chi connectivity index (χ3n) is 2.89. The predicted octanol–water partition coefficient (Wildman–Crippen LogP) is 1.23. The van der Waals surface area contributed by atoms with Crippen LogP contribution in [0.15, 0.2) is 12.3 Å². The smallest absolute Gasteiger partial charge is 0.225 e. The summed E-state index contributed by atoms with van der Waals surface area (Å²) in [6, 6.07) is 2.03. The maximum absolute atomic E-state index is 4.62. The molecule has 1 saturated heterocycles. The first-order valence-electron chi connectivity index (χ1n) is 6.17. The maximum Gasteiger partial charge on any atom is 0.225 e. The van der Waals surface area contributed by atoms with Gasteiger partial charge >= 0.3 is 0 Å². The van der Waals surface area contributed by atoms with E-state index in [1.165, 1.54) is 18.5 Å². The minimum absolute atomic E-state index is 0.898. The number of nitrogens with zero attached hydrogens (tertiary/aromatic N) is 3. The van der Waals surface area contributed by atoms with E-state index in [0.717, 1.165) is 38.5 Å². The van der Waals surface area contributed by atoms with Crippen molar-refractivity contribution in [1.29, 1.82) is 0 Å². The number of unbranched alkanes of at least 4 members (excludes halogenated alkanes) is 1. The fraction of sp³-hybridized carbons (Fsp3) is 0.667. The molecule has 1 aromatic rings. The van der Waals surface area contributed by atoms with Gasteiger partial charge < -0.3 is 10.2 Å². The number of rotatable bonds is 4. The van der Waals surface area contributed by atoms with Crippen molar-refractivity contribution in [2.75, 3.05) is 31.1 Å². The average Bonchev–Trinajstić information content (AvgIpc) is 2.38. The van der Waals surface area contributed by atoms with Crippen LogP contribution < -0.4 is 10.2 Å². The average molecular weight is 220 g/mol. The molecule has 2 heterocycles. The molecule has 0 aliphatic carbocycles. The van der Waals surface area contributed by atoms with Gasteiger partial charge in [0.25, 0.3) is 0 Å². The number of hydrogen-bond acceptors (Lipinski definition) is 4. The number of aromatic nitrogens is 2. The highest BCUT2D eigenvalue weighted by atomic mass is 15.3. The molecule has 16 heavy (non-hydrogen) atoms. The van der Waals surface area contributed by atoms with Crippen molar-refractivity contribution in [3.8, 4) is 0 Å². The van der Waals surface area contributed by atoms with Crippen LogP contribution in [-0.2, 0) is 6.42 Å². The Morgan fingerprint density at radius 2 is 2.19 bits per heavy atom. The first-order valence-corrected chi connectivity index (χ1v) is 6.17. The number of anilines is 1. The monoisotopic (exact) mass is 220 g/mol. The number of piperazine rings is 1. The van der Waals surface area contributed by atoms with Crippen molar-refractivity contribution in [2.45, 2.75) is 26.2 Å². The Kier molecular flexibility index (Phi) is 4.10. The fourth-order valence-electron chi connectivity index (χ4n) is 1.90. The summed E-state index contributed by atoms with van der Waals surface area (Å²) in [6.45, 7) is 6.29. The summed E-state index contributed by atoms with van der Waals surface area (Å²) in [4.78, 5) is 11.2. The van der Waals surface area contributed by atoms with Crippen molar-refractivity contribution in [3.05, 3.63) is 18.0 Å². The van der Waals surface area contributed by atoms with Gasteiger partial charge in [-0.2, -0.15) is 0 Å². The zero-order valence-electron chi connectivity index (χ0n) is 9.95. The Hall–Kier alpha value is -1.16. The summed E-state index contributed by atoms with van der Waals surface area (Å²) in [7, 11) is 0. The van der Waals surface area contributed by atoms with Gasteiger partial charge in [-0.25, -0.2) is 9.97 Å². The molecule has 0 amide bonds. The van der Waals surface area contributed by atoms with Gasteiger partial charge in [-0.05, 0) is 18.9 Å². The largest absolute Gasteiger partial charge is 0.338 e. The molecule has 1 fully saturated rings. The maximum atomic E-state index is 4.62. The van der Waals surface area contributed by atoms with E-state index in [0.29, 0.717) is 0 Å². The van der Waals surface area contributed by atoms with Gasteiger partial charge in [-0.1, -0.05) is 13.3 Å². The fourth-order valence-corrected chi connectivity index (χ4v) is 1.90. The van der Waals surface area contributed by atoms with Crippen LogP contribution in [0.4, 0.5) is 5.95 Å². The zero-order chi connectivity index (χ0) is 11.2. The van der Waals surface area contributed by atoms with Gasteiger partial charge in [0, 0.05) is 38.1 Å². The third kappa shape index (κ3) is 2.92. The van der Waals surface area contributed by atoms with Crippen molar-refractivity contribution in [2.24, 2.45) is 0 Å². The minimum atomic E-state index is 0.898. The molecule has 1 aromatic heterocycles. The Morgan fingerprint density at radius 1 is 1.38 bits per heavy atom. The molecule has 2 rings (SSSR count). The Labute approximate surface area is 97.1 Å². The Morgan fingerprint density at radius 3 is 2.94 bits per heavy atom. The molecule has 0 bridgehead atoms. The second-order valence-corrected chi connectivity index (χ2v) is 4.19. The lowest BCUT2D eigenvalue weighted by atomic mass is 10.2. The lowest BCUT2D eigenvalue weighted by Gasteiger charge is -2.27. The first-order chi connectivity index (χ1) is 7.90. The van der Waals surface area contributed by atoms with E-state index in [4.69, 9.17) is 0 Å². The Balaban J connectivity index is 2.02. The molecule has 0 spiro atoms. The molecular formula is C12H20N4. The van der Waals surface area contributed by atoms with E-state index < -0.39 is 0 Å². The summed E-state index contributed by atoms with van der Waals surface area (Å²) in [6.07, 6.45) is 5.37. The predicted molar refractivity (Wildman–Crippen MR) is 65.7 cm³/mol. The summed E-state index contributed by atoms with van der Waals surface area (Å²) in [5, 5.41) is 3.34. The molecule has 0 atom stereocenters. The van der Waals surface area contributed by atoms with E-state index in [2.05, 4.69) is 27.1 Å². The molecule has 0 radical (unpaired) electrons. The highest BCUT2D eigenvalue weighted by Gasteiger charge is 2.12. The molecule has 1 aliphatic rings. The van der Waals surface area contributed by atoms with Gasteiger partial charge in [0.15, 0.2) is 0 Å². The molecule has 1 aliphatic heterocycles. The highest BCUT2D eigenvalue weighted by Crippen LogP contribution is 2.10. The van der Waals surface area contributed by atoms with Crippen LogP contribution in [0.2, 0.25) is 0 Å². The SMILES string of the molecule is CCCCc1ccnc(N2CCNCC2)n1. The topological polar surface area (TPSA) is 41.1 Å². The molecule has 4 nitrogen and oxygen atoms in total. The summed E-state index contributed by atoms with van der Waals surface area (Å²) < 4.78 is 0. The first kappa shape index (κ1) is 11.3. The quantitative estimate of drug-likeness (QED) is 0.828. The summed E-state index contributed by atoms with van der Waals surface area (Å²) >= 11 is 0. The van der Waals surface area contributed by atoms with Gasteiger partial charge in [-0.3, -0.25) is 0 Å². The van der Waals surface area contributed by atoms with Crippen LogP contribution in [0.3, 0.4) is 0 Å². The number of aryl methyl sites for hydroxylation is 1. The second-order valence-electron chi connectivity index (χ2n) is 4.19. The molecule has 88 valence electrons. The molecule has 0 saturated carbocycles. The van der Waals surface area contributed by atoms with Crippen molar-refractivity contribution < 1.29 is 0 Å². The molecule has 0 unspecified atom stereocenters. The van der Waals surface area contributed by atoms with Gasteiger partial charge in [-0.15, -0.1) is 0 Å². The van der Waals surface area contributed by atoms with E-state index in [1.807, 2.05) is 12.3 Å². The van der Waals surface area contributed by atoms with Crippen LogP contribution in [0.25, 0.3) is 0 Å². The van der Waals surface area contributed by atoms with E-state index >= 15 is 0 Å². The van der Waals surface area contributed by atoms with Crippen molar-refractivity contribution in [3.63, 3.8) is 0 Å². The van der Waals surface area contributed by atoms with E-state index in [9.17, 15) is 0 Å². The zero-order valence-corrected chi connectivity index (χ0v) is 9.95. The molecular weight excluding hydrogens is 200 g/mol. The van der Waals surface area contributed by atoms with E-state index in [-0.39, 0.29) is 0 Å². The van der Waals surface area contributed by atoms with Crippen LogP contribution in [0.5, 0.6) is 0 Å². The molecule has 0 aromatic carbocycles. The van der Waals surface area contributed by atoms with Crippen LogP contribution in [0.1, 0.15) is 25.5 Å². The lowest BCUT2D eigenvalue weighted by Crippen LogP contribution is -2.44. The minimum Gasteiger partial charge on any atom is -0.338 e. The van der Waals surface area contributed by atoms with Crippen LogP contribution in [-0.4, -0.2) is 36.1 Å². The second kappa shape index (κ2) is 5.80. The summed E-state index contributed by atoms with van der Waals surface area (Å²) in [5.74, 6) is 0.898.